The second kappa shape index (κ2) is 5.55. The minimum absolute atomic E-state index is 0.367. The summed E-state index contributed by atoms with van der Waals surface area (Å²) in [6.07, 6.45) is -0.492. The number of aromatic nitrogens is 2. The van der Waals surface area contributed by atoms with Gasteiger partial charge in [0.25, 0.3) is 6.43 Å². The summed E-state index contributed by atoms with van der Waals surface area (Å²) in [7, 11) is 1.56. The predicted octanol–water partition coefficient (Wildman–Crippen LogP) is 1.03. The van der Waals surface area contributed by atoms with E-state index in [9.17, 15) is 8.78 Å². The Morgan fingerprint density at radius 1 is 1.50 bits per heavy atom. The first-order chi connectivity index (χ1) is 7.60. The Labute approximate surface area is 92.6 Å². The second-order valence-corrected chi connectivity index (χ2v) is 3.29. The van der Waals surface area contributed by atoms with Crippen LogP contribution >= 0.6 is 0 Å². The van der Waals surface area contributed by atoms with Crippen molar-refractivity contribution in [2.24, 2.45) is 5.84 Å². The standard InChI is InChI=1S/C9H15F2N5/c1-3-6-8(15-12)13-5-14-9(6)16(2)4-7(10)11/h5,7H,3-4,12H2,1-2H3,(H,13,14,15). The molecular weight excluding hydrogens is 216 g/mol. The van der Waals surface area contributed by atoms with Crippen molar-refractivity contribution in [2.45, 2.75) is 19.8 Å². The van der Waals surface area contributed by atoms with Crippen LogP contribution in [-0.4, -0.2) is 30.0 Å². The Bertz CT molecular complexity index is 345. The molecule has 1 heterocycles. The van der Waals surface area contributed by atoms with Gasteiger partial charge in [-0.2, -0.15) is 0 Å². The fourth-order valence-electron chi connectivity index (χ4n) is 1.48. The highest BCUT2D eigenvalue weighted by atomic mass is 19.3. The van der Waals surface area contributed by atoms with E-state index in [0.717, 1.165) is 5.56 Å². The van der Waals surface area contributed by atoms with Gasteiger partial charge in [0.2, 0.25) is 0 Å². The Morgan fingerprint density at radius 3 is 2.69 bits per heavy atom. The van der Waals surface area contributed by atoms with E-state index in [1.54, 1.807) is 7.05 Å². The van der Waals surface area contributed by atoms with Crippen LogP contribution in [0.1, 0.15) is 12.5 Å². The van der Waals surface area contributed by atoms with Crippen LogP contribution in [0.25, 0.3) is 0 Å². The summed E-state index contributed by atoms with van der Waals surface area (Å²) in [5, 5.41) is 0. The SMILES string of the molecule is CCc1c(NN)ncnc1N(C)CC(F)F. The highest BCUT2D eigenvalue weighted by molar-refractivity contribution is 5.57. The molecule has 0 fully saturated rings. The Morgan fingerprint density at radius 2 is 2.19 bits per heavy atom. The van der Waals surface area contributed by atoms with Gasteiger partial charge in [0.05, 0.1) is 6.54 Å². The molecule has 0 amide bonds. The summed E-state index contributed by atoms with van der Waals surface area (Å²) in [5.41, 5.74) is 3.16. The van der Waals surface area contributed by atoms with Crippen LogP contribution in [0.2, 0.25) is 0 Å². The number of hydrazine groups is 1. The van der Waals surface area contributed by atoms with Crippen molar-refractivity contribution in [2.75, 3.05) is 23.9 Å². The monoisotopic (exact) mass is 231 g/mol. The number of nitrogens with zero attached hydrogens (tertiary/aromatic N) is 3. The number of rotatable bonds is 5. The molecule has 0 bridgehead atoms. The Balaban J connectivity index is 3.02. The zero-order valence-corrected chi connectivity index (χ0v) is 9.24. The first-order valence-corrected chi connectivity index (χ1v) is 4.89. The Kier molecular flexibility index (Phi) is 4.36. The minimum Gasteiger partial charge on any atom is -0.354 e. The van der Waals surface area contributed by atoms with Crippen LogP contribution in [0.15, 0.2) is 6.33 Å². The van der Waals surface area contributed by atoms with Gasteiger partial charge in [-0.05, 0) is 6.42 Å². The number of nitrogens with one attached hydrogen (secondary N) is 1. The van der Waals surface area contributed by atoms with E-state index in [1.807, 2.05) is 6.92 Å². The summed E-state index contributed by atoms with van der Waals surface area (Å²) < 4.78 is 24.5. The third-order valence-corrected chi connectivity index (χ3v) is 2.19. The molecule has 0 saturated carbocycles. The third kappa shape index (κ3) is 2.75. The highest BCUT2D eigenvalue weighted by Gasteiger charge is 2.15. The molecule has 3 N–H and O–H groups in total. The molecule has 0 aliphatic rings. The fourth-order valence-corrected chi connectivity index (χ4v) is 1.48. The average Bonchev–Trinajstić information content (AvgIpc) is 2.26. The molecule has 0 spiro atoms. The lowest BCUT2D eigenvalue weighted by molar-refractivity contribution is 0.156. The van der Waals surface area contributed by atoms with Gasteiger partial charge in [-0.25, -0.2) is 24.6 Å². The van der Waals surface area contributed by atoms with Gasteiger partial charge in [-0.15, -0.1) is 0 Å². The smallest absolute Gasteiger partial charge is 0.255 e. The highest BCUT2D eigenvalue weighted by Crippen LogP contribution is 2.22. The van der Waals surface area contributed by atoms with Gasteiger partial charge in [0.15, 0.2) is 0 Å². The van der Waals surface area contributed by atoms with E-state index in [0.29, 0.717) is 18.1 Å². The van der Waals surface area contributed by atoms with Crippen molar-refractivity contribution in [1.29, 1.82) is 0 Å². The van der Waals surface area contributed by atoms with Crippen LogP contribution in [0.5, 0.6) is 0 Å². The normalized spacial score (nSPS) is 10.6. The molecule has 1 aromatic rings. The number of anilines is 2. The molecule has 0 aliphatic heterocycles. The molecule has 0 aliphatic carbocycles. The summed E-state index contributed by atoms with van der Waals surface area (Å²) in [6.45, 7) is 1.52. The molecule has 0 atom stereocenters. The maximum atomic E-state index is 12.3. The minimum atomic E-state index is -2.40. The van der Waals surface area contributed by atoms with Crippen LogP contribution in [0.3, 0.4) is 0 Å². The van der Waals surface area contributed by atoms with Crippen molar-refractivity contribution < 1.29 is 8.78 Å². The van der Waals surface area contributed by atoms with E-state index < -0.39 is 6.43 Å². The summed E-state index contributed by atoms with van der Waals surface area (Å²) >= 11 is 0. The van der Waals surface area contributed by atoms with Gasteiger partial charge in [-0.1, -0.05) is 6.92 Å². The maximum Gasteiger partial charge on any atom is 0.255 e. The second-order valence-electron chi connectivity index (χ2n) is 3.29. The quantitative estimate of drug-likeness (QED) is 0.585. The topological polar surface area (TPSA) is 67.1 Å². The summed E-state index contributed by atoms with van der Waals surface area (Å²) in [6, 6.07) is 0. The first-order valence-electron chi connectivity index (χ1n) is 4.89. The number of hydrogen-bond donors (Lipinski definition) is 2. The maximum absolute atomic E-state index is 12.3. The zero-order valence-electron chi connectivity index (χ0n) is 9.24. The molecule has 7 heteroatoms. The lowest BCUT2D eigenvalue weighted by atomic mass is 10.2. The molecule has 5 nitrogen and oxygen atoms in total. The van der Waals surface area contributed by atoms with Gasteiger partial charge < -0.3 is 10.3 Å². The third-order valence-electron chi connectivity index (χ3n) is 2.19. The summed E-state index contributed by atoms with van der Waals surface area (Å²) in [4.78, 5) is 9.32. The van der Waals surface area contributed by atoms with E-state index in [-0.39, 0.29) is 6.54 Å². The van der Waals surface area contributed by atoms with Crippen molar-refractivity contribution in [3.63, 3.8) is 0 Å². The lowest BCUT2D eigenvalue weighted by Crippen LogP contribution is -2.27. The molecule has 1 rings (SSSR count). The van der Waals surface area contributed by atoms with E-state index in [2.05, 4.69) is 15.4 Å². The van der Waals surface area contributed by atoms with Crippen molar-refractivity contribution in [3.05, 3.63) is 11.9 Å². The number of alkyl halides is 2. The predicted molar refractivity (Wildman–Crippen MR) is 58.5 cm³/mol. The van der Waals surface area contributed by atoms with Gasteiger partial charge in [0, 0.05) is 12.6 Å². The molecule has 0 aromatic carbocycles. The van der Waals surface area contributed by atoms with Crippen LogP contribution in [0, 0.1) is 0 Å². The largest absolute Gasteiger partial charge is 0.354 e. The molecule has 0 radical (unpaired) electrons. The average molecular weight is 231 g/mol. The molecule has 16 heavy (non-hydrogen) atoms. The molecule has 0 saturated heterocycles. The van der Waals surface area contributed by atoms with Crippen molar-refractivity contribution in [1.82, 2.24) is 9.97 Å². The first kappa shape index (κ1) is 12.6. The van der Waals surface area contributed by atoms with E-state index >= 15 is 0 Å². The van der Waals surface area contributed by atoms with Crippen LogP contribution in [0.4, 0.5) is 20.4 Å². The van der Waals surface area contributed by atoms with Crippen LogP contribution < -0.4 is 16.2 Å². The van der Waals surface area contributed by atoms with Crippen molar-refractivity contribution >= 4 is 11.6 Å². The van der Waals surface area contributed by atoms with E-state index in [4.69, 9.17) is 5.84 Å². The zero-order chi connectivity index (χ0) is 12.1. The van der Waals surface area contributed by atoms with Crippen LogP contribution in [-0.2, 0) is 6.42 Å². The number of nitrogen functional groups attached to an aromatic ring is 1. The molecule has 1 aromatic heterocycles. The molecule has 90 valence electrons. The lowest BCUT2D eigenvalue weighted by Gasteiger charge is -2.21. The Hall–Kier alpha value is -1.50. The molecular formula is C9H15F2N5. The number of nitrogens with two attached hydrogens (primary N) is 1. The summed E-state index contributed by atoms with van der Waals surface area (Å²) in [5.74, 6) is 6.23. The van der Waals surface area contributed by atoms with E-state index in [1.165, 1.54) is 11.2 Å². The number of hydrogen-bond acceptors (Lipinski definition) is 5. The van der Waals surface area contributed by atoms with Gasteiger partial charge >= 0.3 is 0 Å². The fraction of sp³-hybridized carbons (Fsp3) is 0.556. The molecule has 0 unspecified atom stereocenters. The van der Waals surface area contributed by atoms with Gasteiger partial charge in [0.1, 0.15) is 18.0 Å². The van der Waals surface area contributed by atoms with Crippen molar-refractivity contribution in [3.8, 4) is 0 Å². The number of halogens is 2. The van der Waals surface area contributed by atoms with Gasteiger partial charge in [-0.3, -0.25) is 0 Å².